The molecule has 2 aromatic rings. The van der Waals surface area contributed by atoms with E-state index in [0.29, 0.717) is 12.0 Å². The first kappa shape index (κ1) is 21.7. The van der Waals surface area contributed by atoms with Crippen molar-refractivity contribution < 1.29 is 18.4 Å². The van der Waals surface area contributed by atoms with Gasteiger partial charge in [-0.25, -0.2) is 18.7 Å². The van der Waals surface area contributed by atoms with Crippen LogP contribution in [0, 0.1) is 11.6 Å². The van der Waals surface area contributed by atoms with Crippen LogP contribution < -0.4 is 10.6 Å². The minimum absolute atomic E-state index is 0.0706. The van der Waals surface area contributed by atoms with Gasteiger partial charge in [-0.2, -0.15) is 0 Å². The molecule has 0 unspecified atom stereocenters. The lowest BCUT2D eigenvalue weighted by molar-refractivity contribution is -0.115. The molecule has 2 amide bonds. The normalized spacial score (nSPS) is 9.81. The topological polar surface area (TPSA) is 84.0 Å². The van der Waals surface area contributed by atoms with E-state index in [-0.39, 0.29) is 33.5 Å². The van der Waals surface area contributed by atoms with Crippen LogP contribution in [0.4, 0.5) is 20.4 Å². The second-order valence-corrected chi connectivity index (χ2v) is 5.79. The van der Waals surface area contributed by atoms with Crippen molar-refractivity contribution in [2.24, 2.45) is 0 Å². The fraction of sp³-hybridized carbons (Fsp3) is 0.250. The van der Waals surface area contributed by atoms with Gasteiger partial charge in [-0.3, -0.25) is 9.59 Å². The number of anilines is 2. The molecule has 2 heterocycles. The van der Waals surface area contributed by atoms with Crippen molar-refractivity contribution in [3.05, 3.63) is 45.7 Å². The molecule has 0 atom stereocenters. The number of amides is 2. The lowest BCUT2D eigenvalue weighted by atomic mass is 10.2. The predicted octanol–water partition coefficient (Wildman–Crippen LogP) is 4.23. The van der Waals surface area contributed by atoms with Gasteiger partial charge in [0.15, 0.2) is 23.3 Å². The van der Waals surface area contributed by atoms with Crippen LogP contribution in [0.5, 0.6) is 0 Å². The van der Waals surface area contributed by atoms with Crippen LogP contribution in [0.3, 0.4) is 0 Å². The van der Waals surface area contributed by atoms with Gasteiger partial charge in [0.05, 0.1) is 10.0 Å². The Hall–Kier alpha value is -2.32. The minimum atomic E-state index is -0.641. The highest BCUT2D eigenvalue weighted by Crippen LogP contribution is 2.23. The Morgan fingerprint density at radius 1 is 1.04 bits per heavy atom. The van der Waals surface area contributed by atoms with Crippen molar-refractivity contribution >= 4 is 46.7 Å². The fourth-order valence-corrected chi connectivity index (χ4v) is 2.16. The van der Waals surface area contributed by atoms with Gasteiger partial charge in [0.1, 0.15) is 0 Å². The third-order valence-electron chi connectivity index (χ3n) is 2.82. The van der Waals surface area contributed by atoms with Crippen LogP contribution in [0.15, 0.2) is 18.5 Å². The third-order valence-corrected chi connectivity index (χ3v) is 3.35. The van der Waals surface area contributed by atoms with Crippen LogP contribution in [0.2, 0.25) is 10.0 Å². The SMILES string of the molecule is CC(=O)Nc1ncc(Cl)cc1F.CCc1c(Cl)cnc(NC(C)=O)c1F. The standard InChI is InChI=1S/C9H10ClFN2O.C7H6ClFN2O/c1-3-6-7(10)4-12-9(8(6)11)13-5(2)14;1-4(12)11-7-6(9)2-5(8)3-10-7/h4H,3H2,1-2H3,(H,12,13,14);2-3H,1H3,(H,10,11,12). The van der Waals surface area contributed by atoms with Crippen molar-refractivity contribution in [2.75, 3.05) is 10.6 Å². The highest BCUT2D eigenvalue weighted by Gasteiger charge is 2.12. The van der Waals surface area contributed by atoms with E-state index < -0.39 is 11.6 Å². The van der Waals surface area contributed by atoms with Gasteiger partial charge in [-0.05, 0) is 12.5 Å². The maximum Gasteiger partial charge on any atom is 0.222 e. The summed E-state index contributed by atoms with van der Waals surface area (Å²) in [6, 6.07) is 1.08. The Bertz CT molecular complexity index is 819. The molecule has 0 aromatic carbocycles. The Morgan fingerprint density at radius 3 is 2.08 bits per heavy atom. The summed E-state index contributed by atoms with van der Waals surface area (Å²) in [6.45, 7) is 4.35. The van der Waals surface area contributed by atoms with E-state index in [1.54, 1.807) is 6.92 Å². The molecule has 10 heteroatoms. The monoisotopic (exact) mass is 404 g/mol. The average Bonchev–Trinajstić information content (AvgIpc) is 2.53. The number of nitrogens with one attached hydrogen (secondary N) is 2. The average molecular weight is 405 g/mol. The molecule has 6 nitrogen and oxygen atoms in total. The van der Waals surface area contributed by atoms with Gasteiger partial charge in [-0.15, -0.1) is 0 Å². The van der Waals surface area contributed by atoms with E-state index in [0.717, 1.165) is 6.07 Å². The van der Waals surface area contributed by atoms with Crippen LogP contribution in [0.1, 0.15) is 26.3 Å². The van der Waals surface area contributed by atoms with Crippen molar-refractivity contribution in [2.45, 2.75) is 27.2 Å². The molecule has 2 aromatic heterocycles. The number of rotatable bonds is 3. The molecule has 26 heavy (non-hydrogen) atoms. The number of nitrogens with zero attached hydrogens (tertiary/aromatic N) is 2. The van der Waals surface area contributed by atoms with Gasteiger partial charge < -0.3 is 10.6 Å². The third kappa shape index (κ3) is 6.53. The summed E-state index contributed by atoms with van der Waals surface area (Å²) >= 11 is 11.2. The van der Waals surface area contributed by atoms with Crippen LogP contribution in [-0.2, 0) is 16.0 Å². The Labute approximate surface area is 158 Å². The molecule has 0 aliphatic carbocycles. The Morgan fingerprint density at radius 2 is 1.58 bits per heavy atom. The number of hydrogen-bond donors (Lipinski definition) is 2. The number of pyridine rings is 2. The van der Waals surface area contributed by atoms with Gasteiger partial charge >= 0.3 is 0 Å². The summed E-state index contributed by atoms with van der Waals surface area (Å²) in [4.78, 5) is 28.5. The van der Waals surface area contributed by atoms with Crippen molar-refractivity contribution in [3.63, 3.8) is 0 Å². The highest BCUT2D eigenvalue weighted by atomic mass is 35.5. The van der Waals surface area contributed by atoms with Crippen LogP contribution in [-0.4, -0.2) is 21.8 Å². The quantitative estimate of drug-likeness (QED) is 0.801. The smallest absolute Gasteiger partial charge is 0.222 e. The number of halogens is 4. The van der Waals surface area contributed by atoms with Gasteiger partial charge in [0.25, 0.3) is 0 Å². The summed E-state index contributed by atoms with van der Waals surface area (Å²) in [7, 11) is 0. The molecule has 0 bridgehead atoms. The molecule has 0 radical (unpaired) electrons. The molecule has 0 spiro atoms. The van der Waals surface area contributed by atoms with Crippen LogP contribution >= 0.6 is 23.2 Å². The van der Waals surface area contributed by atoms with Gasteiger partial charge in [0, 0.05) is 31.8 Å². The summed E-state index contributed by atoms with van der Waals surface area (Å²) in [5.74, 6) is -2.11. The lowest BCUT2D eigenvalue weighted by Crippen LogP contribution is -2.10. The Balaban J connectivity index is 0.000000263. The second-order valence-electron chi connectivity index (χ2n) is 4.95. The maximum absolute atomic E-state index is 13.5. The van der Waals surface area contributed by atoms with E-state index in [1.165, 1.54) is 26.2 Å². The first-order chi connectivity index (χ1) is 12.1. The van der Waals surface area contributed by atoms with E-state index in [9.17, 15) is 18.4 Å². The van der Waals surface area contributed by atoms with Crippen molar-refractivity contribution in [1.82, 2.24) is 9.97 Å². The van der Waals surface area contributed by atoms with Gasteiger partial charge in [-0.1, -0.05) is 30.1 Å². The summed E-state index contributed by atoms with van der Waals surface area (Å²) in [5, 5.41) is 4.98. The largest absolute Gasteiger partial charge is 0.308 e. The number of carbonyl (C=O) groups is 2. The molecule has 2 rings (SSSR count). The Kier molecular flexibility index (Phi) is 8.34. The molecular weight excluding hydrogens is 389 g/mol. The molecule has 0 aliphatic heterocycles. The fourth-order valence-electron chi connectivity index (χ4n) is 1.75. The van der Waals surface area contributed by atoms with Crippen molar-refractivity contribution in [1.29, 1.82) is 0 Å². The van der Waals surface area contributed by atoms with E-state index in [4.69, 9.17) is 23.2 Å². The molecule has 140 valence electrons. The van der Waals surface area contributed by atoms with E-state index in [1.807, 2.05) is 0 Å². The molecule has 2 N–H and O–H groups in total. The molecular formula is C16H16Cl2F2N4O2. The zero-order valence-electron chi connectivity index (χ0n) is 14.2. The maximum atomic E-state index is 13.5. The number of carbonyl (C=O) groups excluding carboxylic acids is 2. The predicted molar refractivity (Wildman–Crippen MR) is 96.4 cm³/mol. The zero-order valence-corrected chi connectivity index (χ0v) is 15.7. The molecule has 0 aliphatic rings. The number of hydrogen-bond acceptors (Lipinski definition) is 4. The second kappa shape index (κ2) is 9.98. The van der Waals surface area contributed by atoms with Crippen LogP contribution in [0.25, 0.3) is 0 Å². The molecule has 0 saturated heterocycles. The minimum Gasteiger partial charge on any atom is -0.308 e. The first-order valence-electron chi connectivity index (χ1n) is 7.34. The summed E-state index contributed by atoms with van der Waals surface area (Å²) < 4.78 is 26.4. The van der Waals surface area contributed by atoms with Crippen molar-refractivity contribution in [3.8, 4) is 0 Å². The van der Waals surface area contributed by atoms with E-state index in [2.05, 4.69) is 20.6 Å². The number of aromatic nitrogens is 2. The molecule has 0 saturated carbocycles. The van der Waals surface area contributed by atoms with Gasteiger partial charge in [0.2, 0.25) is 11.8 Å². The van der Waals surface area contributed by atoms with E-state index >= 15 is 0 Å². The lowest BCUT2D eigenvalue weighted by Gasteiger charge is -2.07. The molecule has 0 fully saturated rings. The highest BCUT2D eigenvalue weighted by molar-refractivity contribution is 6.31. The first-order valence-corrected chi connectivity index (χ1v) is 8.10. The zero-order chi connectivity index (χ0) is 19.9. The summed E-state index contributed by atoms with van der Waals surface area (Å²) in [5.41, 5.74) is 0.366. The summed E-state index contributed by atoms with van der Waals surface area (Å²) in [6.07, 6.45) is 3.05.